The Kier molecular flexibility index (Phi) is 8.35. The summed E-state index contributed by atoms with van der Waals surface area (Å²) in [6.45, 7) is 8.80. The highest BCUT2D eigenvalue weighted by molar-refractivity contribution is 7.89. The summed E-state index contributed by atoms with van der Waals surface area (Å²) in [7, 11) is -5.37. The Morgan fingerprint density at radius 3 is 2.59 bits per heavy atom. The standard InChI is InChI=1S/C28H40FN5O5SSi/c1-28(36)11-5-6-24(28)34-25-20(16-19(26(34)35)10-15-41(2,3)4)17-30-27(32-25)31-23-7-12-33(18-22(23)29)40(37,38)21-8-13-39-14-9-21/h16-17,21-24,36H,5-9,11-14,18H2,1-4H3,(H,30,31,32)/t22-,23-,24+,28+/m0/s1. The molecule has 13 heteroatoms. The van der Waals surface area contributed by atoms with Gasteiger partial charge in [0.25, 0.3) is 5.56 Å². The maximum Gasteiger partial charge on any atom is 0.268 e. The van der Waals surface area contributed by atoms with Crippen molar-refractivity contribution < 1.29 is 22.7 Å². The second kappa shape index (κ2) is 11.4. The minimum atomic E-state index is -3.61. The summed E-state index contributed by atoms with van der Waals surface area (Å²) in [5.41, 5.74) is 2.55. The quantitative estimate of drug-likeness (QED) is 0.394. The Morgan fingerprint density at radius 1 is 1.22 bits per heavy atom. The number of nitrogens with one attached hydrogen (secondary N) is 1. The third kappa shape index (κ3) is 6.36. The highest BCUT2D eigenvalue weighted by Crippen LogP contribution is 2.39. The van der Waals surface area contributed by atoms with Crippen LogP contribution in [0.25, 0.3) is 11.0 Å². The van der Waals surface area contributed by atoms with Gasteiger partial charge in [0.1, 0.15) is 19.9 Å². The van der Waals surface area contributed by atoms with E-state index >= 15 is 4.39 Å². The van der Waals surface area contributed by atoms with E-state index < -0.39 is 47.2 Å². The van der Waals surface area contributed by atoms with Crippen molar-refractivity contribution in [2.45, 2.75) is 94.2 Å². The number of piperidine rings is 1. The van der Waals surface area contributed by atoms with Gasteiger partial charge in [0.05, 0.1) is 28.5 Å². The molecule has 5 rings (SSSR count). The molecular weight excluding hydrogens is 565 g/mol. The van der Waals surface area contributed by atoms with Crippen LogP contribution in [0.15, 0.2) is 17.1 Å². The van der Waals surface area contributed by atoms with Gasteiger partial charge in [-0.2, -0.15) is 9.29 Å². The molecule has 10 nitrogen and oxygen atoms in total. The summed E-state index contributed by atoms with van der Waals surface area (Å²) >= 11 is 0. The molecule has 41 heavy (non-hydrogen) atoms. The number of fused-ring (bicyclic) bond motifs is 1. The molecular formula is C28H40FN5O5SSi. The van der Waals surface area contributed by atoms with Gasteiger partial charge in [-0.25, -0.2) is 17.8 Å². The largest absolute Gasteiger partial charge is 0.388 e. The Labute approximate surface area is 241 Å². The zero-order valence-corrected chi connectivity index (χ0v) is 26.0. The number of nitrogens with zero attached hydrogens (tertiary/aromatic N) is 4. The number of hydrogen-bond donors (Lipinski definition) is 2. The molecule has 4 atom stereocenters. The number of anilines is 1. The molecule has 3 fully saturated rings. The lowest BCUT2D eigenvalue weighted by atomic mass is 9.99. The van der Waals surface area contributed by atoms with E-state index in [9.17, 15) is 18.3 Å². The zero-order chi connectivity index (χ0) is 29.6. The lowest BCUT2D eigenvalue weighted by Crippen LogP contribution is -2.52. The molecule has 2 N–H and O–H groups in total. The first kappa shape index (κ1) is 30.1. The lowest BCUT2D eigenvalue weighted by molar-refractivity contribution is 0.0266. The topological polar surface area (TPSA) is 127 Å². The predicted octanol–water partition coefficient (Wildman–Crippen LogP) is 2.83. The average Bonchev–Trinajstić information content (AvgIpc) is 3.27. The first-order chi connectivity index (χ1) is 19.3. The Morgan fingerprint density at radius 2 is 1.95 bits per heavy atom. The van der Waals surface area contributed by atoms with Crippen LogP contribution in [0.1, 0.15) is 57.1 Å². The van der Waals surface area contributed by atoms with E-state index in [0.717, 1.165) is 6.42 Å². The van der Waals surface area contributed by atoms with Gasteiger partial charge >= 0.3 is 0 Å². The average molecular weight is 606 g/mol. The molecule has 2 aromatic rings. The number of sulfonamides is 1. The summed E-state index contributed by atoms with van der Waals surface area (Å²) < 4.78 is 49.6. The molecule has 0 amide bonds. The van der Waals surface area contributed by atoms with Gasteiger partial charge in [-0.1, -0.05) is 25.6 Å². The molecule has 0 bridgehead atoms. The Hall–Kier alpha value is -2.37. The van der Waals surface area contributed by atoms with E-state index in [1.807, 2.05) is 0 Å². The van der Waals surface area contributed by atoms with Crippen molar-refractivity contribution in [3.8, 4) is 11.5 Å². The van der Waals surface area contributed by atoms with Crippen LogP contribution < -0.4 is 10.9 Å². The van der Waals surface area contributed by atoms with E-state index in [2.05, 4.69) is 46.4 Å². The zero-order valence-electron chi connectivity index (χ0n) is 24.2. The summed E-state index contributed by atoms with van der Waals surface area (Å²) in [6, 6.07) is 0.512. The number of aliphatic hydroxyl groups is 1. The summed E-state index contributed by atoms with van der Waals surface area (Å²) in [4.78, 5) is 22.8. The van der Waals surface area contributed by atoms with E-state index in [1.165, 1.54) is 4.31 Å². The van der Waals surface area contributed by atoms with E-state index in [-0.39, 0.29) is 31.0 Å². The molecule has 0 aromatic carbocycles. The Balaban J connectivity index is 1.43. The molecule has 1 saturated carbocycles. The van der Waals surface area contributed by atoms with Gasteiger partial charge in [-0.3, -0.25) is 9.36 Å². The van der Waals surface area contributed by atoms with Gasteiger partial charge in [0.15, 0.2) is 0 Å². The van der Waals surface area contributed by atoms with E-state index in [4.69, 9.17) is 4.74 Å². The first-order valence-corrected chi connectivity index (χ1v) is 19.4. The number of ether oxygens (including phenoxy) is 1. The van der Waals surface area contributed by atoms with Gasteiger partial charge < -0.3 is 15.2 Å². The minimum absolute atomic E-state index is 0.151. The molecule has 2 aliphatic heterocycles. The number of alkyl halides is 1. The number of rotatable bonds is 5. The molecule has 224 valence electrons. The van der Waals surface area contributed by atoms with Crippen LogP contribution in [0.2, 0.25) is 19.6 Å². The molecule has 2 aromatic heterocycles. The van der Waals surface area contributed by atoms with Crippen molar-refractivity contribution in [3.05, 3.63) is 28.2 Å². The van der Waals surface area contributed by atoms with Crippen LogP contribution in [0.3, 0.4) is 0 Å². The summed E-state index contributed by atoms with van der Waals surface area (Å²) in [5.74, 6) is 3.23. The fraction of sp³-hybridized carbons (Fsp3) is 0.679. The number of hydrogen-bond acceptors (Lipinski definition) is 8. The highest BCUT2D eigenvalue weighted by Gasteiger charge is 2.41. The molecule has 0 spiro atoms. The number of halogens is 1. The van der Waals surface area contributed by atoms with Gasteiger partial charge in [-0.15, -0.1) is 5.54 Å². The Bertz CT molecular complexity index is 1520. The second-order valence-corrected chi connectivity index (χ2v) is 19.7. The third-order valence-corrected chi connectivity index (χ3v) is 11.5. The molecule has 2 saturated heterocycles. The minimum Gasteiger partial charge on any atom is -0.388 e. The van der Waals surface area contributed by atoms with Crippen molar-refractivity contribution >= 4 is 35.1 Å². The molecule has 3 aliphatic rings. The van der Waals surface area contributed by atoms with Crippen molar-refractivity contribution in [1.29, 1.82) is 0 Å². The second-order valence-electron chi connectivity index (χ2n) is 12.7. The van der Waals surface area contributed by atoms with E-state index in [0.29, 0.717) is 55.5 Å². The van der Waals surface area contributed by atoms with Crippen molar-refractivity contribution in [2.24, 2.45) is 0 Å². The predicted molar refractivity (Wildman–Crippen MR) is 159 cm³/mol. The maximum absolute atomic E-state index is 15.4. The third-order valence-electron chi connectivity index (χ3n) is 8.30. The SMILES string of the molecule is C[C@@]1(O)CCC[C@H]1n1c(=O)c(C#C[Si](C)(C)C)cc2cnc(N[C@H]3CCN(S(=O)(=O)C4CCOCC4)C[C@@H]3F)nc21. The van der Waals surface area contributed by atoms with Crippen LogP contribution in [0.4, 0.5) is 10.3 Å². The highest BCUT2D eigenvalue weighted by atomic mass is 32.2. The van der Waals surface area contributed by atoms with Crippen molar-refractivity contribution in [3.63, 3.8) is 0 Å². The molecule has 4 heterocycles. The van der Waals surface area contributed by atoms with Crippen LogP contribution in [0.5, 0.6) is 0 Å². The monoisotopic (exact) mass is 605 g/mol. The summed E-state index contributed by atoms with van der Waals surface area (Å²) in [6.07, 6.45) is 3.16. The van der Waals surface area contributed by atoms with Gasteiger partial charge in [0, 0.05) is 37.9 Å². The maximum atomic E-state index is 15.4. The molecule has 0 radical (unpaired) electrons. The smallest absolute Gasteiger partial charge is 0.268 e. The fourth-order valence-corrected chi connectivity index (χ4v) is 8.41. The molecule has 1 aliphatic carbocycles. The van der Waals surface area contributed by atoms with Crippen LogP contribution >= 0.6 is 0 Å². The van der Waals surface area contributed by atoms with Gasteiger partial charge in [-0.05, 0) is 51.5 Å². The van der Waals surface area contributed by atoms with Crippen molar-refractivity contribution in [1.82, 2.24) is 18.8 Å². The molecule has 0 unspecified atom stereocenters. The van der Waals surface area contributed by atoms with Crippen LogP contribution in [-0.4, -0.2) is 89.8 Å². The normalized spacial score (nSPS) is 28.4. The lowest BCUT2D eigenvalue weighted by Gasteiger charge is -2.37. The van der Waals surface area contributed by atoms with E-state index in [1.54, 1.807) is 23.8 Å². The number of aromatic nitrogens is 3. The van der Waals surface area contributed by atoms with Crippen molar-refractivity contribution in [2.75, 3.05) is 31.6 Å². The summed E-state index contributed by atoms with van der Waals surface area (Å²) in [5, 5.41) is 14.2. The first-order valence-electron chi connectivity index (χ1n) is 14.4. The fourth-order valence-electron chi connectivity index (χ4n) is 5.98. The van der Waals surface area contributed by atoms with Crippen LogP contribution in [0, 0.1) is 11.5 Å². The van der Waals surface area contributed by atoms with Gasteiger partial charge in [0.2, 0.25) is 16.0 Å². The van der Waals surface area contributed by atoms with Crippen LogP contribution in [-0.2, 0) is 14.8 Å². The number of pyridine rings is 1.